The molecule has 0 aromatic carbocycles. The number of hydrogen-bond donors (Lipinski definition) is 1. The zero-order valence-electron chi connectivity index (χ0n) is 11.2. The Morgan fingerprint density at radius 3 is 2.85 bits per heavy atom. The van der Waals surface area contributed by atoms with Crippen LogP contribution >= 0.6 is 34.3 Å². The average Bonchev–Trinajstić information content (AvgIpc) is 3.04. The molecule has 0 spiro atoms. The van der Waals surface area contributed by atoms with Crippen molar-refractivity contribution in [1.82, 2.24) is 15.1 Å². The van der Waals surface area contributed by atoms with E-state index in [1.165, 1.54) is 22.7 Å². The van der Waals surface area contributed by atoms with Gasteiger partial charge in [0.15, 0.2) is 0 Å². The molecule has 0 unspecified atom stereocenters. The minimum Gasteiger partial charge on any atom is -0.360 e. The van der Waals surface area contributed by atoms with Crippen molar-refractivity contribution in [2.24, 2.45) is 0 Å². The molecule has 8 heteroatoms. The predicted octanol–water partition coefficient (Wildman–Crippen LogP) is 3.35. The highest BCUT2D eigenvalue weighted by Gasteiger charge is 2.17. The van der Waals surface area contributed by atoms with Gasteiger partial charge in [0, 0.05) is 18.5 Å². The zero-order valence-corrected chi connectivity index (χ0v) is 13.6. The summed E-state index contributed by atoms with van der Waals surface area (Å²) in [5.74, 6) is -0.128. The van der Waals surface area contributed by atoms with Crippen LogP contribution in [0, 0.1) is 0 Å². The van der Waals surface area contributed by atoms with Crippen LogP contribution in [-0.4, -0.2) is 34.6 Å². The van der Waals surface area contributed by atoms with Crippen LogP contribution in [0.3, 0.4) is 0 Å². The Hall–Kier alpha value is -1.18. The lowest BCUT2D eigenvalue weighted by atomic mass is 10.4. The van der Waals surface area contributed by atoms with E-state index in [0.717, 1.165) is 22.2 Å². The van der Waals surface area contributed by atoms with E-state index in [-0.39, 0.29) is 5.91 Å². The van der Waals surface area contributed by atoms with Crippen molar-refractivity contribution in [3.05, 3.63) is 26.4 Å². The van der Waals surface area contributed by atoms with E-state index in [9.17, 15) is 4.79 Å². The summed E-state index contributed by atoms with van der Waals surface area (Å²) in [6.45, 7) is 3.42. The van der Waals surface area contributed by atoms with Gasteiger partial charge in [-0.3, -0.25) is 4.79 Å². The second-order valence-corrected chi connectivity index (χ2v) is 6.98. The molecule has 2 aromatic rings. The minimum atomic E-state index is -0.128. The van der Waals surface area contributed by atoms with Crippen LogP contribution in [0.15, 0.2) is 12.1 Å². The molecular weight excluding hydrogens is 316 g/mol. The van der Waals surface area contributed by atoms with Crippen LogP contribution in [-0.2, 0) is 6.54 Å². The Morgan fingerprint density at radius 1 is 1.40 bits per heavy atom. The molecule has 2 rings (SSSR count). The van der Waals surface area contributed by atoms with E-state index in [1.54, 1.807) is 11.9 Å². The van der Waals surface area contributed by atoms with Crippen molar-refractivity contribution >= 4 is 45.3 Å². The topological polar surface area (TPSA) is 58.1 Å². The molecule has 0 atom stereocenters. The first-order valence-corrected chi connectivity index (χ1v) is 8.18. The van der Waals surface area contributed by atoms with E-state index >= 15 is 0 Å². The van der Waals surface area contributed by atoms with Gasteiger partial charge in [-0.25, -0.2) is 0 Å². The fourth-order valence-electron chi connectivity index (χ4n) is 1.52. The van der Waals surface area contributed by atoms with Crippen LogP contribution in [0.4, 0.5) is 5.13 Å². The number of nitrogens with zero attached hydrogens (tertiary/aromatic N) is 3. The van der Waals surface area contributed by atoms with Crippen molar-refractivity contribution in [2.75, 3.05) is 18.9 Å². The second kappa shape index (κ2) is 7.01. The van der Waals surface area contributed by atoms with Crippen molar-refractivity contribution in [3.63, 3.8) is 0 Å². The van der Waals surface area contributed by atoms with Crippen LogP contribution in [0.1, 0.15) is 28.0 Å². The smallest absolute Gasteiger partial charge is 0.284 e. The predicted molar refractivity (Wildman–Crippen MR) is 83.8 cm³/mol. The van der Waals surface area contributed by atoms with Gasteiger partial charge < -0.3 is 10.2 Å². The monoisotopic (exact) mass is 330 g/mol. The number of carbonyl (C=O) groups excluding carboxylic acids is 1. The quantitative estimate of drug-likeness (QED) is 0.882. The molecule has 0 aliphatic rings. The lowest BCUT2D eigenvalue weighted by molar-refractivity contribution is 0.0785. The summed E-state index contributed by atoms with van der Waals surface area (Å²) in [4.78, 5) is 14.9. The number of amides is 1. The van der Waals surface area contributed by atoms with Gasteiger partial charge in [-0.15, -0.1) is 21.5 Å². The molecular formula is C12H15ClN4OS2. The maximum absolute atomic E-state index is 12.2. The number of halogens is 1. The first-order chi connectivity index (χ1) is 9.60. The molecule has 0 saturated heterocycles. The van der Waals surface area contributed by atoms with Crippen molar-refractivity contribution < 1.29 is 4.79 Å². The maximum Gasteiger partial charge on any atom is 0.284 e. The largest absolute Gasteiger partial charge is 0.360 e. The molecule has 2 aromatic heterocycles. The molecule has 0 saturated carbocycles. The fourth-order valence-corrected chi connectivity index (χ4v) is 3.42. The third-order valence-corrected chi connectivity index (χ3v) is 4.59. The van der Waals surface area contributed by atoms with Gasteiger partial charge in [0.1, 0.15) is 0 Å². The SMILES string of the molecule is CCCNc1nnc(C(=O)N(C)Cc2ccc(Cl)s2)s1. The van der Waals surface area contributed by atoms with Gasteiger partial charge in [-0.1, -0.05) is 29.9 Å². The average molecular weight is 331 g/mol. The molecule has 0 radical (unpaired) electrons. The van der Waals surface area contributed by atoms with Gasteiger partial charge >= 0.3 is 0 Å². The summed E-state index contributed by atoms with van der Waals surface area (Å²) < 4.78 is 0.725. The van der Waals surface area contributed by atoms with Crippen LogP contribution in [0.5, 0.6) is 0 Å². The second-order valence-electron chi connectivity index (χ2n) is 4.21. The molecule has 1 N–H and O–H groups in total. The summed E-state index contributed by atoms with van der Waals surface area (Å²) in [6.07, 6.45) is 1.00. The van der Waals surface area contributed by atoms with E-state index in [1.807, 2.05) is 12.1 Å². The number of hydrogen-bond acceptors (Lipinski definition) is 6. The fraction of sp³-hybridized carbons (Fsp3) is 0.417. The molecule has 108 valence electrons. The number of carbonyl (C=O) groups is 1. The lowest BCUT2D eigenvalue weighted by Crippen LogP contribution is -2.25. The van der Waals surface area contributed by atoms with Gasteiger partial charge in [0.25, 0.3) is 5.91 Å². The minimum absolute atomic E-state index is 0.128. The molecule has 0 aliphatic heterocycles. The van der Waals surface area contributed by atoms with Crippen molar-refractivity contribution in [3.8, 4) is 0 Å². The molecule has 5 nitrogen and oxygen atoms in total. The Morgan fingerprint density at radius 2 is 2.20 bits per heavy atom. The Balaban J connectivity index is 1.97. The third kappa shape index (κ3) is 3.91. The molecule has 0 aliphatic carbocycles. The number of thiophene rings is 1. The maximum atomic E-state index is 12.2. The van der Waals surface area contributed by atoms with E-state index in [2.05, 4.69) is 22.4 Å². The van der Waals surface area contributed by atoms with Crippen LogP contribution in [0.25, 0.3) is 0 Å². The molecule has 20 heavy (non-hydrogen) atoms. The first-order valence-electron chi connectivity index (χ1n) is 6.17. The van der Waals surface area contributed by atoms with Gasteiger partial charge in [0.2, 0.25) is 10.1 Å². The summed E-state index contributed by atoms with van der Waals surface area (Å²) in [5, 5.41) is 12.1. The number of anilines is 1. The van der Waals surface area contributed by atoms with Crippen molar-refractivity contribution in [1.29, 1.82) is 0 Å². The normalized spacial score (nSPS) is 10.6. The van der Waals surface area contributed by atoms with E-state index in [0.29, 0.717) is 16.7 Å². The van der Waals surface area contributed by atoms with Crippen LogP contribution < -0.4 is 5.32 Å². The molecule has 0 fully saturated rings. The summed E-state index contributed by atoms with van der Waals surface area (Å²) in [7, 11) is 1.75. The van der Waals surface area contributed by atoms with E-state index < -0.39 is 0 Å². The highest BCUT2D eigenvalue weighted by atomic mass is 35.5. The van der Waals surface area contributed by atoms with Gasteiger partial charge in [0.05, 0.1) is 10.9 Å². The molecule has 1 amide bonds. The number of aromatic nitrogens is 2. The van der Waals surface area contributed by atoms with Gasteiger partial charge in [-0.2, -0.15) is 0 Å². The highest BCUT2D eigenvalue weighted by Crippen LogP contribution is 2.23. The Labute approximate surface area is 130 Å². The lowest BCUT2D eigenvalue weighted by Gasteiger charge is -2.13. The van der Waals surface area contributed by atoms with Crippen molar-refractivity contribution in [2.45, 2.75) is 19.9 Å². The number of nitrogens with one attached hydrogen (secondary N) is 1. The molecule has 0 bridgehead atoms. The Kier molecular flexibility index (Phi) is 5.33. The highest BCUT2D eigenvalue weighted by molar-refractivity contribution is 7.17. The van der Waals surface area contributed by atoms with Crippen LogP contribution in [0.2, 0.25) is 4.34 Å². The zero-order chi connectivity index (χ0) is 14.5. The summed E-state index contributed by atoms with van der Waals surface area (Å²) in [5.41, 5.74) is 0. The summed E-state index contributed by atoms with van der Waals surface area (Å²) in [6, 6.07) is 3.75. The third-order valence-electron chi connectivity index (χ3n) is 2.50. The number of rotatable bonds is 6. The Bertz CT molecular complexity index is 584. The standard InChI is InChI=1S/C12H15ClN4OS2/c1-3-6-14-12-16-15-10(20-12)11(18)17(2)7-8-4-5-9(13)19-8/h4-5H,3,6-7H2,1-2H3,(H,14,16). The molecule has 2 heterocycles. The first kappa shape index (κ1) is 15.2. The van der Waals surface area contributed by atoms with Gasteiger partial charge in [-0.05, 0) is 18.6 Å². The van der Waals surface area contributed by atoms with E-state index in [4.69, 9.17) is 11.6 Å². The summed E-state index contributed by atoms with van der Waals surface area (Å²) >= 11 is 8.63.